The van der Waals surface area contributed by atoms with Crippen LogP contribution in [0.5, 0.6) is 5.75 Å². The molecule has 0 spiro atoms. The number of carbonyl (C=O) groups excluding carboxylic acids is 1. The molecule has 1 aromatic carbocycles. The first-order valence-corrected chi connectivity index (χ1v) is 6.01. The summed E-state index contributed by atoms with van der Waals surface area (Å²) in [6.07, 6.45) is 0. The first kappa shape index (κ1) is 15.3. The van der Waals surface area contributed by atoms with Crippen molar-refractivity contribution < 1.29 is 24.5 Å². The van der Waals surface area contributed by atoms with Crippen molar-refractivity contribution in [3.63, 3.8) is 0 Å². The lowest BCUT2D eigenvalue weighted by Gasteiger charge is -2.13. The van der Waals surface area contributed by atoms with Gasteiger partial charge in [0.1, 0.15) is 5.75 Å². The van der Waals surface area contributed by atoms with Gasteiger partial charge in [-0.2, -0.15) is 0 Å². The number of amides is 2. The molecule has 0 saturated carbocycles. The quantitative estimate of drug-likeness (QED) is 0.644. The normalized spacial score (nSPS) is 11.5. The highest BCUT2D eigenvalue weighted by Crippen LogP contribution is 2.24. The summed E-state index contributed by atoms with van der Waals surface area (Å²) in [6.45, 7) is -0.690. The molecule has 0 fully saturated rings. The number of anilines is 1. The van der Waals surface area contributed by atoms with Crippen molar-refractivity contribution in [3.8, 4) is 5.75 Å². The molecule has 0 bridgehead atoms. The van der Waals surface area contributed by atoms with Gasteiger partial charge in [-0.05, 0) is 12.1 Å². The number of carboxylic acids is 1. The molecule has 2 amide bonds. The molecule has 19 heavy (non-hydrogen) atoms. The Morgan fingerprint density at radius 2 is 2.11 bits per heavy atom. The number of hydrogen-bond acceptors (Lipinski definition) is 4. The largest absolute Gasteiger partial charge is 0.497 e. The summed E-state index contributed by atoms with van der Waals surface area (Å²) < 4.78 is 5.72. The van der Waals surface area contributed by atoms with Crippen LogP contribution in [-0.4, -0.2) is 42.0 Å². The first-order valence-electron chi connectivity index (χ1n) is 5.22. The summed E-state index contributed by atoms with van der Waals surface area (Å²) in [7, 11) is 1.48. The number of benzene rings is 1. The minimum Gasteiger partial charge on any atom is -0.497 e. The Labute approximate surface area is 117 Å². The van der Waals surface area contributed by atoms with Crippen molar-refractivity contribution in [1.29, 1.82) is 0 Å². The predicted molar refractivity (Wildman–Crippen MR) is 71.4 cm³/mol. The minimum atomic E-state index is -1.35. The van der Waals surface area contributed by atoms with Crippen LogP contribution in [0.15, 0.2) is 22.7 Å². The summed E-state index contributed by atoms with van der Waals surface area (Å²) >= 11 is 3.25. The van der Waals surface area contributed by atoms with E-state index in [4.69, 9.17) is 14.9 Å². The maximum absolute atomic E-state index is 11.5. The molecule has 1 rings (SSSR count). The molecule has 0 aliphatic heterocycles. The van der Waals surface area contributed by atoms with Gasteiger partial charge < -0.3 is 25.6 Å². The maximum Gasteiger partial charge on any atom is 0.328 e. The van der Waals surface area contributed by atoms with Crippen molar-refractivity contribution in [2.24, 2.45) is 0 Å². The third-order valence-electron chi connectivity index (χ3n) is 2.15. The zero-order valence-corrected chi connectivity index (χ0v) is 11.6. The van der Waals surface area contributed by atoms with Crippen LogP contribution in [-0.2, 0) is 4.79 Å². The number of hydrogen-bond donors (Lipinski definition) is 4. The molecule has 1 aromatic rings. The summed E-state index contributed by atoms with van der Waals surface area (Å²) in [5.41, 5.74) is 0.422. The fourth-order valence-electron chi connectivity index (χ4n) is 1.26. The maximum atomic E-state index is 11.5. The zero-order valence-electron chi connectivity index (χ0n) is 10.0. The molecule has 104 valence electrons. The molecule has 0 aromatic heterocycles. The number of halogens is 1. The number of rotatable bonds is 5. The van der Waals surface area contributed by atoms with E-state index in [9.17, 15) is 9.59 Å². The molecule has 4 N–H and O–H groups in total. The molecule has 0 heterocycles. The number of nitrogens with one attached hydrogen (secondary N) is 2. The molecule has 0 aliphatic carbocycles. The number of ether oxygens (including phenoxy) is 1. The van der Waals surface area contributed by atoms with Gasteiger partial charge in [-0.3, -0.25) is 0 Å². The van der Waals surface area contributed by atoms with E-state index in [1.54, 1.807) is 18.2 Å². The molecular weight excluding hydrogens is 320 g/mol. The summed E-state index contributed by atoms with van der Waals surface area (Å²) in [5.74, 6) is -0.786. The lowest BCUT2D eigenvalue weighted by atomic mass is 10.3. The van der Waals surface area contributed by atoms with Crippen LogP contribution in [0.3, 0.4) is 0 Å². The second kappa shape index (κ2) is 6.95. The Hall–Kier alpha value is -1.80. The van der Waals surface area contributed by atoms with Gasteiger partial charge in [-0.15, -0.1) is 0 Å². The molecular formula is C11H13BrN2O5. The Kier molecular flexibility index (Phi) is 5.58. The highest BCUT2D eigenvalue weighted by molar-refractivity contribution is 9.10. The number of methoxy groups -OCH3 is 1. The second-order valence-corrected chi connectivity index (χ2v) is 4.47. The number of carbonyl (C=O) groups is 2. The van der Waals surface area contributed by atoms with E-state index in [2.05, 4.69) is 26.6 Å². The number of aliphatic carboxylic acids is 1. The van der Waals surface area contributed by atoms with Crippen LogP contribution in [0.25, 0.3) is 0 Å². The second-order valence-electron chi connectivity index (χ2n) is 3.55. The van der Waals surface area contributed by atoms with Crippen LogP contribution in [0, 0.1) is 0 Å². The molecule has 0 radical (unpaired) electrons. The van der Waals surface area contributed by atoms with E-state index in [0.29, 0.717) is 15.9 Å². The summed E-state index contributed by atoms with van der Waals surface area (Å²) in [6, 6.07) is 2.81. The van der Waals surface area contributed by atoms with Crippen LogP contribution in [0.2, 0.25) is 0 Å². The third kappa shape index (κ3) is 4.76. The number of aliphatic hydroxyl groups is 1. The smallest absolute Gasteiger partial charge is 0.328 e. The number of aliphatic hydroxyl groups excluding tert-OH is 1. The zero-order chi connectivity index (χ0) is 14.4. The first-order chi connectivity index (χ1) is 8.96. The van der Waals surface area contributed by atoms with E-state index in [1.165, 1.54) is 7.11 Å². The Balaban J connectivity index is 2.71. The summed E-state index contributed by atoms with van der Waals surface area (Å²) in [5, 5.41) is 22.0. The average Bonchev–Trinajstić information content (AvgIpc) is 2.34. The van der Waals surface area contributed by atoms with E-state index < -0.39 is 24.6 Å². The van der Waals surface area contributed by atoms with Crippen molar-refractivity contribution in [2.75, 3.05) is 19.0 Å². The van der Waals surface area contributed by atoms with Crippen molar-refractivity contribution in [3.05, 3.63) is 22.7 Å². The standard InChI is InChI=1S/C11H13BrN2O5/c1-19-8-3-6(12)2-7(4-8)13-11(18)14-9(5-15)10(16)17/h2-4,9,15H,5H2,1H3,(H,16,17)(H2,13,14,18). The van der Waals surface area contributed by atoms with Crippen molar-refractivity contribution in [1.82, 2.24) is 5.32 Å². The van der Waals surface area contributed by atoms with Crippen molar-refractivity contribution in [2.45, 2.75) is 6.04 Å². The van der Waals surface area contributed by atoms with Gasteiger partial charge in [0.15, 0.2) is 6.04 Å². The lowest BCUT2D eigenvalue weighted by Crippen LogP contribution is -2.45. The number of urea groups is 1. The van der Waals surface area contributed by atoms with Crippen LogP contribution in [0.4, 0.5) is 10.5 Å². The van der Waals surface area contributed by atoms with Gasteiger partial charge in [0.05, 0.1) is 13.7 Å². The predicted octanol–water partition coefficient (Wildman–Crippen LogP) is 1.02. The molecule has 1 unspecified atom stereocenters. The SMILES string of the molecule is COc1cc(Br)cc(NC(=O)NC(CO)C(=O)O)c1. The van der Waals surface area contributed by atoms with Gasteiger partial charge in [0, 0.05) is 16.2 Å². The third-order valence-corrected chi connectivity index (χ3v) is 2.61. The van der Waals surface area contributed by atoms with Gasteiger partial charge in [0.25, 0.3) is 0 Å². The fraction of sp³-hybridized carbons (Fsp3) is 0.273. The monoisotopic (exact) mass is 332 g/mol. The topological polar surface area (TPSA) is 108 Å². The van der Waals surface area contributed by atoms with Gasteiger partial charge in [-0.25, -0.2) is 9.59 Å². The summed E-state index contributed by atoms with van der Waals surface area (Å²) in [4.78, 5) is 22.2. The van der Waals surface area contributed by atoms with Crippen LogP contribution >= 0.6 is 15.9 Å². The highest BCUT2D eigenvalue weighted by Gasteiger charge is 2.18. The number of carboxylic acid groups (broad SMARTS) is 1. The van der Waals surface area contributed by atoms with Gasteiger partial charge in [0.2, 0.25) is 0 Å². The fourth-order valence-corrected chi connectivity index (χ4v) is 1.74. The Morgan fingerprint density at radius 1 is 1.42 bits per heavy atom. The molecule has 8 heteroatoms. The molecule has 1 atom stereocenters. The van der Waals surface area contributed by atoms with Crippen LogP contribution < -0.4 is 15.4 Å². The Bertz CT molecular complexity index is 480. The Morgan fingerprint density at radius 3 is 2.63 bits per heavy atom. The van der Waals surface area contributed by atoms with Gasteiger partial charge in [-0.1, -0.05) is 15.9 Å². The lowest BCUT2D eigenvalue weighted by molar-refractivity contribution is -0.140. The molecule has 0 aliphatic rings. The van der Waals surface area contributed by atoms with Gasteiger partial charge >= 0.3 is 12.0 Å². The van der Waals surface area contributed by atoms with Crippen LogP contribution in [0.1, 0.15) is 0 Å². The van der Waals surface area contributed by atoms with E-state index >= 15 is 0 Å². The van der Waals surface area contributed by atoms with E-state index in [-0.39, 0.29) is 0 Å². The average molecular weight is 333 g/mol. The van der Waals surface area contributed by atoms with E-state index in [0.717, 1.165) is 0 Å². The minimum absolute atomic E-state index is 0.422. The molecule has 7 nitrogen and oxygen atoms in total. The van der Waals surface area contributed by atoms with Crippen molar-refractivity contribution >= 4 is 33.6 Å². The molecule has 0 saturated heterocycles. The highest BCUT2D eigenvalue weighted by atomic mass is 79.9. The van der Waals surface area contributed by atoms with E-state index in [1.807, 2.05) is 0 Å².